The molecule has 33 heavy (non-hydrogen) atoms. The van der Waals surface area contributed by atoms with Crippen LogP contribution in [0.1, 0.15) is 38.3 Å². The second-order valence-electron chi connectivity index (χ2n) is 8.26. The van der Waals surface area contributed by atoms with Crippen LogP contribution in [0.5, 0.6) is 5.75 Å². The maximum Gasteiger partial charge on any atom is 0.336 e. The maximum atomic E-state index is 13.0. The summed E-state index contributed by atoms with van der Waals surface area (Å²) in [6.07, 6.45) is 0.805. The average molecular weight is 492 g/mol. The van der Waals surface area contributed by atoms with E-state index in [1.807, 2.05) is 27.7 Å². The molecule has 3 rings (SSSR count). The van der Waals surface area contributed by atoms with Gasteiger partial charge in [-0.1, -0.05) is 50.1 Å². The Morgan fingerprint density at radius 1 is 1.15 bits per heavy atom. The Kier molecular flexibility index (Phi) is 7.62. The van der Waals surface area contributed by atoms with Gasteiger partial charge in [-0.2, -0.15) is 4.72 Å². The molecule has 0 saturated heterocycles. The Morgan fingerprint density at radius 2 is 1.82 bits per heavy atom. The first-order chi connectivity index (χ1) is 15.5. The van der Waals surface area contributed by atoms with E-state index < -0.39 is 27.7 Å². The quantitative estimate of drug-likeness (QED) is 0.280. The highest BCUT2D eigenvalue weighted by molar-refractivity contribution is 7.89. The molecule has 0 unspecified atom stereocenters. The van der Waals surface area contributed by atoms with E-state index in [0.29, 0.717) is 11.8 Å². The van der Waals surface area contributed by atoms with Gasteiger partial charge in [0.2, 0.25) is 10.0 Å². The highest BCUT2D eigenvalue weighted by Crippen LogP contribution is 2.32. The van der Waals surface area contributed by atoms with Gasteiger partial charge in [-0.15, -0.1) is 0 Å². The van der Waals surface area contributed by atoms with Gasteiger partial charge in [-0.25, -0.2) is 18.0 Å². The Hall–Kier alpha value is -2.68. The van der Waals surface area contributed by atoms with E-state index >= 15 is 0 Å². The molecule has 0 bridgehead atoms. The van der Waals surface area contributed by atoms with Crippen LogP contribution in [-0.2, 0) is 21.2 Å². The number of esters is 1. The molecule has 3 aromatic rings. The van der Waals surface area contributed by atoms with Crippen molar-refractivity contribution in [3.8, 4) is 5.75 Å². The number of nitrogens with one attached hydrogen (secondary N) is 1. The second kappa shape index (κ2) is 10.1. The summed E-state index contributed by atoms with van der Waals surface area (Å²) < 4.78 is 38.8. The molecule has 0 radical (unpaired) electrons. The number of hydrogen-bond acceptors (Lipinski definition) is 6. The fourth-order valence-corrected chi connectivity index (χ4v) is 4.81. The van der Waals surface area contributed by atoms with Crippen molar-refractivity contribution in [3.63, 3.8) is 0 Å². The standard InChI is InChI=1S/C24H26ClNO6S/c1-5-16-11-23(27)31-21-13-22(19(25)12-18(16)21)32-24(28)20(10-14(2)3)26-33(29,30)17-8-6-15(4)7-9-17/h6-9,11-14,20,26H,5,10H2,1-4H3/t20-/m0/s1. The van der Waals surface area contributed by atoms with Gasteiger partial charge in [0.15, 0.2) is 5.75 Å². The van der Waals surface area contributed by atoms with Crippen molar-refractivity contribution in [1.29, 1.82) is 0 Å². The number of halogens is 1. The van der Waals surface area contributed by atoms with Crippen LogP contribution in [0, 0.1) is 12.8 Å². The second-order valence-corrected chi connectivity index (χ2v) is 10.4. The molecular formula is C24H26ClNO6S. The van der Waals surface area contributed by atoms with Crippen molar-refractivity contribution in [1.82, 2.24) is 4.72 Å². The van der Waals surface area contributed by atoms with Crippen molar-refractivity contribution >= 4 is 38.6 Å². The van der Waals surface area contributed by atoms with Gasteiger partial charge in [-0.3, -0.25) is 0 Å². The fourth-order valence-electron chi connectivity index (χ4n) is 3.41. The van der Waals surface area contributed by atoms with Gasteiger partial charge >= 0.3 is 11.6 Å². The van der Waals surface area contributed by atoms with E-state index in [2.05, 4.69) is 4.72 Å². The number of carbonyl (C=O) groups is 1. The lowest BCUT2D eigenvalue weighted by atomic mass is 10.0. The summed E-state index contributed by atoms with van der Waals surface area (Å²) in [5.74, 6) is -0.830. The molecule has 1 N–H and O–H groups in total. The molecule has 0 aliphatic carbocycles. The number of sulfonamides is 1. The summed E-state index contributed by atoms with van der Waals surface area (Å²) in [6, 6.07) is 9.49. The zero-order valence-corrected chi connectivity index (χ0v) is 20.4. The van der Waals surface area contributed by atoms with E-state index in [1.54, 1.807) is 18.2 Å². The van der Waals surface area contributed by atoms with Gasteiger partial charge in [0.25, 0.3) is 0 Å². The third-order valence-electron chi connectivity index (χ3n) is 5.09. The van der Waals surface area contributed by atoms with Gasteiger partial charge in [0.1, 0.15) is 11.6 Å². The lowest BCUT2D eigenvalue weighted by Gasteiger charge is -2.20. The van der Waals surface area contributed by atoms with E-state index in [-0.39, 0.29) is 33.6 Å². The van der Waals surface area contributed by atoms with E-state index in [1.165, 1.54) is 24.3 Å². The molecule has 7 nitrogen and oxygen atoms in total. The number of fused-ring (bicyclic) bond motifs is 1. The third kappa shape index (κ3) is 6.01. The molecule has 1 heterocycles. The number of hydrogen-bond donors (Lipinski definition) is 1. The molecule has 0 fully saturated rings. The summed E-state index contributed by atoms with van der Waals surface area (Å²) in [5, 5.41) is 0.782. The van der Waals surface area contributed by atoms with E-state index in [0.717, 1.165) is 11.1 Å². The molecule has 176 valence electrons. The average Bonchev–Trinajstić information content (AvgIpc) is 2.73. The van der Waals surface area contributed by atoms with Crippen LogP contribution < -0.4 is 15.1 Å². The van der Waals surface area contributed by atoms with Crippen LogP contribution >= 0.6 is 11.6 Å². The SMILES string of the molecule is CCc1cc(=O)oc2cc(OC(=O)[C@H](CC(C)C)NS(=O)(=O)c3ccc(C)cc3)c(Cl)cc12. The zero-order chi connectivity index (χ0) is 24.3. The number of carbonyl (C=O) groups excluding carboxylic acids is 1. The van der Waals surface area contributed by atoms with Crippen molar-refractivity contribution in [2.75, 3.05) is 0 Å². The van der Waals surface area contributed by atoms with Gasteiger partial charge in [0.05, 0.1) is 9.92 Å². The molecule has 0 amide bonds. The number of ether oxygens (including phenoxy) is 1. The lowest BCUT2D eigenvalue weighted by molar-refractivity contribution is -0.136. The number of aryl methyl sites for hydroxylation is 2. The lowest BCUT2D eigenvalue weighted by Crippen LogP contribution is -2.43. The van der Waals surface area contributed by atoms with Crippen LogP contribution in [0.4, 0.5) is 0 Å². The van der Waals surface area contributed by atoms with Gasteiger partial charge < -0.3 is 9.15 Å². The van der Waals surface area contributed by atoms with Gasteiger partial charge in [0, 0.05) is 17.5 Å². The van der Waals surface area contributed by atoms with Crippen molar-refractivity contribution in [2.24, 2.45) is 5.92 Å². The molecule has 1 aromatic heterocycles. The Morgan fingerprint density at radius 3 is 2.42 bits per heavy atom. The predicted octanol–water partition coefficient (Wildman–Crippen LogP) is 4.62. The zero-order valence-electron chi connectivity index (χ0n) is 18.8. The first-order valence-electron chi connectivity index (χ1n) is 10.6. The maximum absolute atomic E-state index is 13.0. The summed E-state index contributed by atoms with van der Waals surface area (Å²) in [4.78, 5) is 24.9. The minimum Gasteiger partial charge on any atom is -0.424 e. The van der Waals surface area contributed by atoms with Crippen LogP contribution in [-0.4, -0.2) is 20.4 Å². The van der Waals surface area contributed by atoms with Crippen molar-refractivity contribution in [3.05, 3.63) is 69.0 Å². The smallest absolute Gasteiger partial charge is 0.336 e. The number of rotatable bonds is 8. The van der Waals surface area contributed by atoms with Crippen LogP contribution in [0.25, 0.3) is 11.0 Å². The summed E-state index contributed by atoms with van der Waals surface area (Å²) in [5.41, 5.74) is 1.37. The highest BCUT2D eigenvalue weighted by atomic mass is 35.5. The van der Waals surface area contributed by atoms with Crippen LogP contribution in [0.3, 0.4) is 0 Å². The Labute approximate surface area is 197 Å². The van der Waals surface area contributed by atoms with Crippen molar-refractivity contribution in [2.45, 2.75) is 51.5 Å². The predicted molar refractivity (Wildman–Crippen MR) is 127 cm³/mol. The first kappa shape index (κ1) is 25.0. The van der Waals surface area contributed by atoms with Crippen LogP contribution in [0.2, 0.25) is 5.02 Å². The summed E-state index contributed by atoms with van der Waals surface area (Å²) in [6.45, 7) is 7.48. The molecule has 0 aliphatic heterocycles. The Balaban J connectivity index is 1.91. The van der Waals surface area contributed by atoms with E-state index in [4.69, 9.17) is 20.8 Å². The topological polar surface area (TPSA) is 103 Å². The monoisotopic (exact) mass is 491 g/mol. The molecule has 0 saturated carbocycles. The molecule has 0 spiro atoms. The van der Waals surface area contributed by atoms with Crippen molar-refractivity contribution < 1.29 is 22.4 Å². The third-order valence-corrected chi connectivity index (χ3v) is 6.88. The van der Waals surface area contributed by atoms with Gasteiger partial charge in [-0.05, 0) is 49.4 Å². The van der Waals surface area contributed by atoms with Crippen LogP contribution in [0.15, 0.2) is 56.6 Å². The van der Waals surface area contributed by atoms with E-state index in [9.17, 15) is 18.0 Å². The molecule has 9 heteroatoms. The fraction of sp³-hybridized carbons (Fsp3) is 0.333. The Bertz CT molecular complexity index is 1330. The molecular weight excluding hydrogens is 466 g/mol. The largest absolute Gasteiger partial charge is 0.424 e. The first-order valence-corrected chi connectivity index (χ1v) is 12.4. The summed E-state index contributed by atoms with van der Waals surface area (Å²) in [7, 11) is -3.96. The minimum atomic E-state index is -3.96. The number of benzene rings is 2. The minimum absolute atomic E-state index is 0.000442. The highest BCUT2D eigenvalue weighted by Gasteiger charge is 2.29. The normalized spacial score (nSPS) is 12.8. The molecule has 1 atom stereocenters. The summed E-state index contributed by atoms with van der Waals surface area (Å²) >= 11 is 6.33. The molecule has 0 aliphatic rings. The molecule has 2 aromatic carbocycles.